The van der Waals surface area contributed by atoms with Gasteiger partial charge in [-0.3, -0.25) is 0 Å². The van der Waals surface area contributed by atoms with E-state index >= 15 is 0 Å². The maximum atomic E-state index is 12.0. The summed E-state index contributed by atoms with van der Waals surface area (Å²) in [5.41, 5.74) is -8.32. The number of nitrogens with zero attached hydrogens (tertiary/aromatic N) is 4. The molecule has 1 aliphatic rings. The zero-order valence-electron chi connectivity index (χ0n) is 21.8. The molecule has 2 atom stereocenters. The number of aromatic nitrogens is 4. The van der Waals surface area contributed by atoms with E-state index < -0.39 is 15.8 Å². The molecule has 0 aromatic carbocycles. The molecule has 2 unspecified atom stereocenters. The maximum Gasteiger partial charge on any atom is 0.441 e. The van der Waals surface area contributed by atoms with E-state index in [1.165, 1.54) is 59.0 Å². The van der Waals surface area contributed by atoms with E-state index in [9.17, 15) is 31.4 Å². The van der Waals surface area contributed by atoms with Crippen molar-refractivity contribution in [2.24, 2.45) is 0 Å². The van der Waals surface area contributed by atoms with E-state index in [1.54, 1.807) is 13.8 Å². The number of hydrogen-bond donors (Lipinski definition) is 1. The van der Waals surface area contributed by atoms with Crippen LogP contribution in [-0.2, 0) is 9.48 Å². The average molecular weight is 679 g/mol. The van der Waals surface area contributed by atoms with Gasteiger partial charge in [-0.1, -0.05) is 23.5 Å². The fourth-order valence-corrected chi connectivity index (χ4v) is 7.65. The quantitative estimate of drug-likeness (QED) is 0.188. The Morgan fingerprint density at radius 2 is 1.33 bits per heavy atom. The van der Waals surface area contributed by atoms with Crippen LogP contribution in [0.3, 0.4) is 0 Å². The number of aliphatic hydroxyl groups excluding tert-OH is 1. The zero-order valence-corrected chi connectivity index (χ0v) is 26.7. The molecule has 3 heterocycles. The Kier molecular flexibility index (Phi) is 17.6. The van der Waals surface area contributed by atoms with Gasteiger partial charge in [0.25, 0.3) is 0 Å². The second-order valence-electron chi connectivity index (χ2n) is 7.94. The van der Waals surface area contributed by atoms with Crippen LogP contribution in [0.25, 0.3) is 0 Å². The van der Waals surface area contributed by atoms with E-state index in [0.29, 0.717) is 16.5 Å². The molecule has 1 N–H and O–H groups in total. The summed E-state index contributed by atoms with van der Waals surface area (Å²) >= 11 is 5.55. The number of halogens is 6. The molecule has 1 aliphatic heterocycles. The van der Waals surface area contributed by atoms with Crippen molar-refractivity contribution in [3.8, 4) is 0 Å². The van der Waals surface area contributed by atoms with Crippen molar-refractivity contribution in [3.63, 3.8) is 0 Å². The number of aliphatic hydroxyl groups is 1. The molecule has 2 aromatic rings. The highest BCUT2D eigenvalue weighted by Gasteiger charge is 2.32. The lowest BCUT2D eigenvalue weighted by atomic mass is 10.2. The van der Waals surface area contributed by atoms with Crippen LogP contribution >= 0.6 is 69.7 Å². The minimum atomic E-state index is -4.20. The normalized spacial score (nSPS) is 16.1. The molecule has 0 bridgehead atoms. The molecule has 0 radical (unpaired) electrons. The first kappa shape index (κ1) is 37.0. The lowest BCUT2D eigenvalue weighted by molar-refractivity contribution is -0.0335. The predicted octanol–water partition coefficient (Wildman–Crippen LogP) is 7.73. The van der Waals surface area contributed by atoms with Crippen molar-refractivity contribution in [3.05, 3.63) is 20.0 Å². The standard InChI is InChI=1S/C9H13F3N2OS3.C8H11F3N2S3.C4H8O/c1-6-13-14-7(18-6)8(2,5-15)16-3-4-17-9(10,11)12;1-5(7-13-12-6(2)16-7)14-3-4-15-8(9,10)11;1-2-4-5-3-1/h15H,3-5H2,1-2H3;5H,3-4H2,1-2H3;1-4H2. The summed E-state index contributed by atoms with van der Waals surface area (Å²) in [6.07, 6.45) is 2.56. The molecule has 18 heteroatoms. The molecule has 2 aromatic heterocycles. The Morgan fingerprint density at radius 3 is 1.74 bits per heavy atom. The van der Waals surface area contributed by atoms with Gasteiger partial charge >= 0.3 is 11.0 Å². The molecule has 3 rings (SSSR count). The van der Waals surface area contributed by atoms with Gasteiger partial charge < -0.3 is 9.84 Å². The fourth-order valence-electron chi connectivity index (χ4n) is 2.55. The number of aryl methyl sites for hydroxylation is 2. The number of ether oxygens (including phenoxy) is 1. The Morgan fingerprint density at radius 1 is 0.821 bits per heavy atom. The van der Waals surface area contributed by atoms with Gasteiger partial charge in [-0.2, -0.15) is 38.1 Å². The maximum absolute atomic E-state index is 12.0. The van der Waals surface area contributed by atoms with Crippen molar-refractivity contribution in [2.45, 2.75) is 61.6 Å². The first-order valence-electron chi connectivity index (χ1n) is 11.6. The summed E-state index contributed by atoms with van der Waals surface area (Å²) < 4.78 is 75.7. The van der Waals surface area contributed by atoms with Crippen molar-refractivity contribution < 1.29 is 36.2 Å². The molecule has 0 aliphatic carbocycles. The molecule has 39 heavy (non-hydrogen) atoms. The summed E-state index contributed by atoms with van der Waals surface area (Å²) in [7, 11) is 0. The van der Waals surface area contributed by atoms with Crippen LogP contribution in [0.15, 0.2) is 0 Å². The number of rotatable bonds is 11. The van der Waals surface area contributed by atoms with Crippen LogP contribution in [0.1, 0.15) is 52.0 Å². The molecule has 226 valence electrons. The summed E-state index contributed by atoms with van der Waals surface area (Å²) in [5.74, 6) is 0.793. The van der Waals surface area contributed by atoms with Crippen LogP contribution in [0.5, 0.6) is 0 Å². The largest absolute Gasteiger partial charge is 0.441 e. The molecule has 1 saturated heterocycles. The molecular weight excluding hydrogens is 647 g/mol. The molecule has 0 saturated carbocycles. The summed E-state index contributed by atoms with van der Waals surface area (Å²) in [4.78, 5) is 0. The van der Waals surface area contributed by atoms with Crippen molar-refractivity contribution in [1.29, 1.82) is 0 Å². The lowest BCUT2D eigenvalue weighted by Gasteiger charge is -2.23. The third kappa shape index (κ3) is 17.5. The van der Waals surface area contributed by atoms with Gasteiger partial charge in [0.15, 0.2) is 0 Å². The van der Waals surface area contributed by atoms with Gasteiger partial charge in [-0.15, -0.1) is 54.8 Å². The van der Waals surface area contributed by atoms with E-state index in [1.807, 2.05) is 13.8 Å². The van der Waals surface area contributed by atoms with E-state index in [2.05, 4.69) is 20.4 Å². The molecule has 6 nitrogen and oxygen atoms in total. The highest BCUT2D eigenvalue weighted by atomic mass is 32.2. The summed E-state index contributed by atoms with van der Waals surface area (Å²) in [5, 5.41) is 28.3. The first-order chi connectivity index (χ1) is 18.1. The van der Waals surface area contributed by atoms with Crippen molar-refractivity contribution in [1.82, 2.24) is 20.4 Å². The summed E-state index contributed by atoms with van der Waals surface area (Å²) in [6.45, 7) is 9.17. The van der Waals surface area contributed by atoms with Gasteiger partial charge in [0.2, 0.25) is 0 Å². The van der Waals surface area contributed by atoms with Crippen LogP contribution in [0.4, 0.5) is 26.3 Å². The van der Waals surface area contributed by atoms with Crippen LogP contribution in [0.2, 0.25) is 0 Å². The third-order valence-corrected chi connectivity index (χ3v) is 11.4. The second-order valence-corrected chi connectivity index (χ2v) is 15.7. The van der Waals surface area contributed by atoms with E-state index in [4.69, 9.17) is 4.74 Å². The Labute approximate surface area is 249 Å². The number of alkyl halides is 6. The van der Waals surface area contributed by atoms with Gasteiger partial charge in [0.1, 0.15) is 20.0 Å². The average Bonchev–Trinajstić information content (AvgIpc) is 3.63. The smallest absolute Gasteiger partial charge is 0.394 e. The fraction of sp³-hybridized carbons (Fsp3) is 0.810. The molecule has 0 amide bonds. The molecule has 0 spiro atoms. The van der Waals surface area contributed by atoms with Gasteiger partial charge in [0.05, 0.1) is 16.6 Å². The monoisotopic (exact) mass is 678 g/mol. The van der Waals surface area contributed by atoms with Crippen LogP contribution < -0.4 is 0 Å². The zero-order chi connectivity index (χ0) is 29.5. The van der Waals surface area contributed by atoms with Gasteiger partial charge in [-0.05, 0) is 40.5 Å². The first-order valence-corrected chi connectivity index (χ1v) is 17.2. The van der Waals surface area contributed by atoms with Crippen molar-refractivity contribution >= 4 is 69.7 Å². The highest BCUT2D eigenvalue weighted by molar-refractivity contribution is 8.04. The van der Waals surface area contributed by atoms with E-state index in [0.717, 1.165) is 28.2 Å². The summed E-state index contributed by atoms with van der Waals surface area (Å²) in [6, 6.07) is 0. The van der Waals surface area contributed by atoms with Gasteiger partial charge in [-0.25, -0.2) is 0 Å². The molecular formula is C21H32F6N4O2S6. The predicted molar refractivity (Wildman–Crippen MR) is 154 cm³/mol. The van der Waals surface area contributed by atoms with Crippen molar-refractivity contribution in [2.75, 3.05) is 42.8 Å². The SMILES string of the molecule is C1CCOC1.Cc1nnc(C(C)(CO)SCCSC(F)(F)F)s1.Cc1nnc(C(C)SCCSC(F)(F)F)s1. The Balaban J connectivity index is 0.000000331. The van der Waals surface area contributed by atoms with Gasteiger partial charge in [0, 0.05) is 36.2 Å². The third-order valence-electron chi connectivity index (χ3n) is 4.48. The highest BCUT2D eigenvalue weighted by Crippen LogP contribution is 2.39. The minimum Gasteiger partial charge on any atom is -0.394 e. The molecule has 1 fully saturated rings. The van der Waals surface area contributed by atoms with Crippen LogP contribution in [-0.4, -0.2) is 79.3 Å². The Bertz CT molecular complexity index is 922. The van der Waals surface area contributed by atoms with E-state index in [-0.39, 0.29) is 46.9 Å². The lowest BCUT2D eigenvalue weighted by Crippen LogP contribution is -2.23. The Hall–Kier alpha value is 0.0200. The van der Waals surface area contributed by atoms with Crippen LogP contribution in [0, 0.1) is 13.8 Å². The second kappa shape index (κ2) is 18.5. The number of hydrogen-bond acceptors (Lipinski definition) is 12. The minimum absolute atomic E-state index is 0.0225. The number of thioether (sulfide) groups is 4. The topological polar surface area (TPSA) is 81.0 Å².